The van der Waals surface area contributed by atoms with Crippen LogP contribution in [0.25, 0.3) is 11.4 Å². The second-order valence-corrected chi connectivity index (χ2v) is 11.8. The molecule has 1 aromatic heterocycles. The average molecular weight is 528 g/mol. The lowest BCUT2D eigenvalue weighted by molar-refractivity contribution is 0.0985. The van der Waals surface area contributed by atoms with Crippen molar-refractivity contribution >= 4 is 27.4 Å². The number of aromatic nitrogens is 2. The summed E-state index contributed by atoms with van der Waals surface area (Å²) in [5.74, 6) is 0.421. The van der Waals surface area contributed by atoms with E-state index >= 15 is 0 Å². The quantitative estimate of drug-likeness (QED) is 0.467. The van der Waals surface area contributed by atoms with Gasteiger partial charge in [-0.2, -0.15) is 0 Å². The molecule has 2 heterocycles. The van der Waals surface area contributed by atoms with Gasteiger partial charge >= 0.3 is 6.03 Å². The van der Waals surface area contributed by atoms with Crippen LogP contribution in [0.3, 0.4) is 0 Å². The summed E-state index contributed by atoms with van der Waals surface area (Å²) in [4.78, 5) is 23.2. The van der Waals surface area contributed by atoms with Crippen LogP contribution in [0.1, 0.15) is 26.5 Å². The van der Waals surface area contributed by atoms with Crippen molar-refractivity contribution in [1.29, 1.82) is 0 Å². The van der Waals surface area contributed by atoms with Gasteiger partial charge in [-0.25, -0.2) is 27.6 Å². The lowest BCUT2D eigenvalue weighted by Gasteiger charge is -2.35. The molecule has 2 aromatic carbocycles. The summed E-state index contributed by atoms with van der Waals surface area (Å²) in [6, 6.07) is 13.1. The Labute approximate surface area is 216 Å². The monoisotopic (exact) mass is 527 g/mol. The number of ether oxygens (including phenoxy) is 1. The molecule has 1 fully saturated rings. The highest BCUT2D eigenvalue weighted by Gasteiger charge is 2.40. The highest BCUT2D eigenvalue weighted by Crippen LogP contribution is 2.36. The van der Waals surface area contributed by atoms with Crippen LogP contribution in [0.4, 0.5) is 20.7 Å². The standard InChI is InChI=1S/C26H30FN5O4S/c1-17-16-36-14-13-32(17)23-15-22(26(2,3)37(34,35)21-11-7-19(27)8-12-21)30-24(31-23)18-5-9-20(10-6-18)29-25(33)28-4/h5-12,15,17H,13-14,16H2,1-4H3,(H2,28,29,33)/t17-/m0/s1. The van der Waals surface area contributed by atoms with Crippen LogP contribution in [0.5, 0.6) is 0 Å². The second-order valence-electron chi connectivity index (χ2n) is 9.30. The third kappa shape index (κ3) is 5.42. The first kappa shape index (κ1) is 26.5. The number of nitrogens with one attached hydrogen (secondary N) is 2. The molecular weight excluding hydrogens is 497 g/mol. The number of urea groups is 1. The highest BCUT2D eigenvalue weighted by atomic mass is 32.2. The number of halogens is 1. The van der Waals surface area contributed by atoms with Crippen LogP contribution in [0.15, 0.2) is 59.5 Å². The fourth-order valence-electron chi connectivity index (χ4n) is 4.03. The number of morpholine rings is 1. The molecule has 3 aromatic rings. The Bertz CT molecular complexity index is 1380. The van der Waals surface area contributed by atoms with Crippen molar-refractivity contribution in [2.24, 2.45) is 0 Å². The van der Waals surface area contributed by atoms with E-state index in [-0.39, 0.29) is 17.0 Å². The predicted molar refractivity (Wildman–Crippen MR) is 140 cm³/mol. The van der Waals surface area contributed by atoms with Crippen molar-refractivity contribution in [3.05, 3.63) is 66.1 Å². The Balaban J connectivity index is 1.81. The van der Waals surface area contributed by atoms with Crippen molar-refractivity contribution in [2.75, 3.05) is 37.0 Å². The molecule has 1 aliphatic rings. The summed E-state index contributed by atoms with van der Waals surface area (Å²) in [7, 11) is -2.42. The number of amides is 2. The molecule has 1 aliphatic heterocycles. The number of nitrogens with zero attached hydrogens (tertiary/aromatic N) is 3. The van der Waals surface area contributed by atoms with E-state index in [0.29, 0.717) is 48.3 Å². The molecule has 0 saturated carbocycles. The van der Waals surface area contributed by atoms with E-state index in [1.54, 1.807) is 44.2 Å². The van der Waals surface area contributed by atoms with Crippen molar-refractivity contribution in [3.8, 4) is 11.4 Å². The minimum absolute atomic E-state index is 0.00461. The maximum atomic E-state index is 13.7. The Kier molecular flexibility index (Phi) is 7.47. The van der Waals surface area contributed by atoms with E-state index in [4.69, 9.17) is 9.72 Å². The van der Waals surface area contributed by atoms with Crippen LogP contribution < -0.4 is 15.5 Å². The Morgan fingerprint density at radius 3 is 2.41 bits per heavy atom. The van der Waals surface area contributed by atoms with Gasteiger partial charge in [0.1, 0.15) is 16.4 Å². The van der Waals surface area contributed by atoms with Crippen molar-refractivity contribution in [1.82, 2.24) is 15.3 Å². The Morgan fingerprint density at radius 2 is 1.78 bits per heavy atom. The lowest BCUT2D eigenvalue weighted by Crippen LogP contribution is -2.44. The van der Waals surface area contributed by atoms with Crippen LogP contribution in [0.2, 0.25) is 0 Å². The molecule has 4 rings (SSSR count). The zero-order chi connectivity index (χ0) is 26.8. The number of rotatable bonds is 6. The summed E-state index contributed by atoms with van der Waals surface area (Å²) in [6.45, 7) is 6.82. The van der Waals surface area contributed by atoms with Gasteiger partial charge in [0, 0.05) is 30.9 Å². The third-order valence-corrected chi connectivity index (χ3v) is 8.86. The third-order valence-electron chi connectivity index (χ3n) is 6.42. The first-order valence-corrected chi connectivity index (χ1v) is 13.3. The highest BCUT2D eigenvalue weighted by molar-refractivity contribution is 7.92. The summed E-state index contributed by atoms with van der Waals surface area (Å²) < 4.78 is 45.0. The number of anilines is 2. The van der Waals surface area contributed by atoms with E-state index in [0.717, 1.165) is 12.1 Å². The zero-order valence-corrected chi connectivity index (χ0v) is 22.0. The van der Waals surface area contributed by atoms with E-state index in [1.807, 2.05) is 6.92 Å². The maximum Gasteiger partial charge on any atom is 0.318 e. The molecular formula is C26H30FN5O4S. The topological polar surface area (TPSA) is 114 Å². The second kappa shape index (κ2) is 10.4. The largest absolute Gasteiger partial charge is 0.377 e. The number of hydrogen-bond acceptors (Lipinski definition) is 7. The minimum atomic E-state index is -3.95. The van der Waals surface area contributed by atoms with E-state index < -0.39 is 20.4 Å². The molecule has 0 unspecified atom stereocenters. The van der Waals surface area contributed by atoms with Gasteiger partial charge in [0.15, 0.2) is 15.7 Å². The fraction of sp³-hybridized carbons (Fsp3) is 0.346. The summed E-state index contributed by atoms with van der Waals surface area (Å²) >= 11 is 0. The number of benzene rings is 2. The van der Waals surface area contributed by atoms with Crippen LogP contribution in [-0.4, -0.2) is 57.3 Å². The van der Waals surface area contributed by atoms with Gasteiger partial charge in [-0.3, -0.25) is 0 Å². The molecule has 0 aliphatic carbocycles. The molecule has 2 N–H and O–H groups in total. The molecule has 2 amide bonds. The van der Waals surface area contributed by atoms with E-state index in [2.05, 4.69) is 20.5 Å². The number of carbonyl (C=O) groups excluding carboxylic acids is 1. The Morgan fingerprint density at radius 1 is 1.11 bits per heavy atom. The molecule has 0 bridgehead atoms. The normalized spacial score (nSPS) is 16.4. The smallest absolute Gasteiger partial charge is 0.318 e. The summed E-state index contributed by atoms with van der Waals surface area (Å²) in [5, 5.41) is 5.19. The van der Waals surface area contributed by atoms with Gasteiger partial charge in [-0.05, 0) is 69.3 Å². The molecule has 37 heavy (non-hydrogen) atoms. The van der Waals surface area contributed by atoms with E-state index in [9.17, 15) is 17.6 Å². The molecule has 196 valence electrons. The number of hydrogen-bond donors (Lipinski definition) is 2. The molecule has 1 saturated heterocycles. The number of carbonyl (C=O) groups is 1. The first-order chi connectivity index (χ1) is 17.5. The van der Waals surface area contributed by atoms with Gasteiger partial charge in [0.05, 0.1) is 29.8 Å². The van der Waals surface area contributed by atoms with Crippen LogP contribution in [-0.2, 0) is 19.3 Å². The van der Waals surface area contributed by atoms with E-state index in [1.165, 1.54) is 19.2 Å². The summed E-state index contributed by atoms with van der Waals surface area (Å²) in [5.41, 5.74) is 1.55. The Hall–Kier alpha value is -3.57. The average Bonchev–Trinajstić information content (AvgIpc) is 2.89. The van der Waals surface area contributed by atoms with Gasteiger partial charge < -0.3 is 20.3 Å². The maximum absolute atomic E-state index is 13.7. The first-order valence-electron chi connectivity index (χ1n) is 11.9. The fourth-order valence-corrected chi connectivity index (χ4v) is 5.49. The molecule has 9 nitrogen and oxygen atoms in total. The minimum Gasteiger partial charge on any atom is -0.377 e. The zero-order valence-electron chi connectivity index (χ0n) is 21.2. The van der Waals surface area contributed by atoms with Crippen molar-refractivity contribution in [2.45, 2.75) is 36.5 Å². The van der Waals surface area contributed by atoms with Crippen molar-refractivity contribution < 1.29 is 22.3 Å². The van der Waals surface area contributed by atoms with Gasteiger partial charge in [-0.1, -0.05) is 0 Å². The molecule has 0 radical (unpaired) electrons. The lowest BCUT2D eigenvalue weighted by atomic mass is 10.1. The molecule has 11 heteroatoms. The van der Waals surface area contributed by atoms with Gasteiger partial charge in [0.2, 0.25) is 0 Å². The predicted octanol–water partition coefficient (Wildman–Crippen LogP) is 3.97. The van der Waals surface area contributed by atoms with Crippen molar-refractivity contribution in [3.63, 3.8) is 0 Å². The van der Waals surface area contributed by atoms with Crippen LogP contribution in [0, 0.1) is 5.82 Å². The number of sulfone groups is 1. The molecule has 1 atom stereocenters. The summed E-state index contributed by atoms with van der Waals surface area (Å²) in [6.07, 6.45) is 0. The van der Waals surface area contributed by atoms with Gasteiger partial charge in [0.25, 0.3) is 0 Å². The SMILES string of the molecule is CNC(=O)Nc1ccc(-c2nc(N3CCOC[C@@H]3C)cc(C(C)(C)S(=O)(=O)c3ccc(F)cc3)n2)cc1. The van der Waals surface area contributed by atoms with Crippen LogP contribution >= 0.6 is 0 Å². The molecule has 0 spiro atoms. The van der Waals surface area contributed by atoms with Gasteiger partial charge in [-0.15, -0.1) is 0 Å².